The summed E-state index contributed by atoms with van der Waals surface area (Å²) in [4.78, 5) is 2.42. The highest BCUT2D eigenvalue weighted by Gasteiger charge is 2.28. The van der Waals surface area contributed by atoms with Crippen LogP contribution in [0.4, 0.5) is 0 Å². The number of rotatable bonds is 6. The highest BCUT2D eigenvalue weighted by Crippen LogP contribution is 2.26. The predicted octanol–water partition coefficient (Wildman–Crippen LogP) is 2.40. The second-order valence-corrected chi connectivity index (χ2v) is 8.28. The molecule has 0 spiro atoms. The first-order valence-electron chi connectivity index (χ1n) is 8.13. The molecule has 25 heavy (non-hydrogen) atoms. The van der Waals surface area contributed by atoms with E-state index in [1.54, 1.807) is 24.5 Å². The number of nitrogens with one attached hydrogen (secondary N) is 1. The summed E-state index contributed by atoms with van der Waals surface area (Å²) in [6, 6.07) is 8.61. The van der Waals surface area contributed by atoms with Gasteiger partial charge in [-0.2, -0.15) is 8.75 Å². The number of likely N-dealkylation sites (tertiary alicyclic amines) is 1. The minimum atomic E-state index is -3.69. The van der Waals surface area contributed by atoms with Crippen molar-refractivity contribution in [2.75, 3.05) is 19.6 Å². The molecule has 3 aromatic rings. The van der Waals surface area contributed by atoms with E-state index < -0.39 is 10.0 Å². The van der Waals surface area contributed by atoms with Crippen LogP contribution < -0.4 is 4.72 Å². The van der Waals surface area contributed by atoms with Crippen LogP contribution in [0.2, 0.25) is 0 Å². The normalized spacial score (nSPS) is 17.3. The van der Waals surface area contributed by atoms with Crippen LogP contribution >= 0.6 is 11.7 Å². The maximum absolute atomic E-state index is 12.8. The van der Waals surface area contributed by atoms with Gasteiger partial charge in [-0.3, -0.25) is 4.90 Å². The van der Waals surface area contributed by atoms with E-state index in [1.165, 1.54) is 0 Å². The van der Waals surface area contributed by atoms with Gasteiger partial charge in [-0.15, -0.1) is 0 Å². The molecule has 0 aliphatic carbocycles. The molecule has 9 heteroatoms. The Bertz CT molecular complexity index is 947. The van der Waals surface area contributed by atoms with Crippen LogP contribution in [0.3, 0.4) is 0 Å². The molecule has 4 rings (SSSR count). The zero-order valence-electron chi connectivity index (χ0n) is 13.5. The Kier molecular flexibility index (Phi) is 4.55. The van der Waals surface area contributed by atoms with Gasteiger partial charge in [0.2, 0.25) is 10.0 Å². The summed E-state index contributed by atoms with van der Waals surface area (Å²) in [5.41, 5.74) is 1.01. The van der Waals surface area contributed by atoms with E-state index in [1.807, 2.05) is 12.1 Å². The molecule has 1 aliphatic rings. The SMILES string of the molecule is O=S(=O)(NC[C@H](c1ccco1)N1CCCC1)c1cccc2nsnc12. The van der Waals surface area contributed by atoms with Crippen molar-refractivity contribution < 1.29 is 12.8 Å². The van der Waals surface area contributed by atoms with E-state index >= 15 is 0 Å². The van der Waals surface area contributed by atoms with Gasteiger partial charge in [0.05, 0.1) is 24.0 Å². The van der Waals surface area contributed by atoms with Crippen molar-refractivity contribution in [2.24, 2.45) is 0 Å². The summed E-state index contributed by atoms with van der Waals surface area (Å²) < 4.78 is 42.1. The van der Waals surface area contributed by atoms with Gasteiger partial charge >= 0.3 is 0 Å². The molecule has 1 aromatic carbocycles. The standard InChI is InChI=1S/C16H18N4O3S2/c21-25(22,15-7-3-5-12-16(15)19-24-18-12)17-11-13(14-6-4-10-23-14)20-8-1-2-9-20/h3-7,10,13,17H,1-2,8-9,11H2/t13-/m1/s1. The average molecular weight is 378 g/mol. The molecule has 1 N–H and O–H groups in total. The molecular formula is C16H18N4O3S2. The smallest absolute Gasteiger partial charge is 0.242 e. The Balaban J connectivity index is 1.58. The first-order valence-corrected chi connectivity index (χ1v) is 10.3. The molecule has 1 saturated heterocycles. The van der Waals surface area contributed by atoms with E-state index in [0.717, 1.165) is 43.4 Å². The van der Waals surface area contributed by atoms with Crippen LogP contribution in [0, 0.1) is 0 Å². The molecule has 132 valence electrons. The number of fused-ring (bicyclic) bond motifs is 1. The number of aromatic nitrogens is 2. The molecule has 1 aliphatic heterocycles. The highest BCUT2D eigenvalue weighted by molar-refractivity contribution is 7.89. The van der Waals surface area contributed by atoms with Crippen molar-refractivity contribution in [1.29, 1.82) is 0 Å². The Morgan fingerprint density at radius 3 is 2.80 bits per heavy atom. The number of sulfonamides is 1. The van der Waals surface area contributed by atoms with Crippen molar-refractivity contribution in [3.63, 3.8) is 0 Å². The number of nitrogens with zero attached hydrogens (tertiary/aromatic N) is 3. The zero-order chi connectivity index (χ0) is 17.3. The van der Waals surface area contributed by atoms with Crippen LogP contribution in [0.15, 0.2) is 45.9 Å². The molecule has 1 atom stereocenters. The fourth-order valence-electron chi connectivity index (χ4n) is 3.21. The molecule has 0 saturated carbocycles. The Morgan fingerprint density at radius 2 is 2.04 bits per heavy atom. The predicted molar refractivity (Wildman–Crippen MR) is 94.9 cm³/mol. The van der Waals surface area contributed by atoms with Crippen LogP contribution in [0.1, 0.15) is 24.6 Å². The number of furan rings is 1. The van der Waals surface area contributed by atoms with Crippen molar-refractivity contribution in [2.45, 2.75) is 23.8 Å². The lowest BCUT2D eigenvalue weighted by atomic mass is 10.2. The summed E-state index contributed by atoms with van der Waals surface area (Å²) in [5, 5.41) is 0. The van der Waals surface area contributed by atoms with E-state index in [0.29, 0.717) is 11.0 Å². The van der Waals surface area contributed by atoms with Gasteiger partial charge in [0, 0.05) is 6.54 Å². The van der Waals surface area contributed by atoms with Crippen molar-refractivity contribution in [3.8, 4) is 0 Å². The maximum atomic E-state index is 12.8. The molecule has 0 bridgehead atoms. The largest absolute Gasteiger partial charge is 0.468 e. The summed E-state index contributed by atoms with van der Waals surface area (Å²) in [6.45, 7) is 2.14. The van der Waals surface area contributed by atoms with Crippen LogP contribution in [0.5, 0.6) is 0 Å². The van der Waals surface area contributed by atoms with Gasteiger partial charge in [0.15, 0.2) is 0 Å². The third-order valence-electron chi connectivity index (χ3n) is 4.46. The Hall–Kier alpha value is -1.81. The zero-order valence-corrected chi connectivity index (χ0v) is 15.1. The molecule has 1 fully saturated rings. The minimum absolute atomic E-state index is 0.111. The Labute approximate surface area is 150 Å². The molecule has 3 heterocycles. The summed E-state index contributed by atoms with van der Waals surface area (Å²) in [6.07, 6.45) is 3.86. The van der Waals surface area contributed by atoms with E-state index in [-0.39, 0.29) is 17.5 Å². The van der Waals surface area contributed by atoms with Crippen molar-refractivity contribution in [3.05, 3.63) is 42.4 Å². The lowest BCUT2D eigenvalue weighted by Crippen LogP contribution is -2.36. The van der Waals surface area contributed by atoms with E-state index in [2.05, 4.69) is 18.4 Å². The van der Waals surface area contributed by atoms with E-state index in [4.69, 9.17) is 4.42 Å². The fourth-order valence-corrected chi connectivity index (χ4v) is 5.01. The topological polar surface area (TPSA) is 88.3 Å². The van der Waals surface area contributed by atoms with Crippen molar-refractivity contribution in [1.82, 2.24) is 18.4 Å². The third kappa shape index (κ3) is 3.32. The van der Waals surface area contributed by atoms with Gasteiger partial charge in [0.1, 0.15) is 21.7 Å². The summed E-state index contributed by atoms with van der Waals surface area (Å²) in [5.74, 6) is 0.776. The van der Waals surface area contributed by atoms with Crippen LogP contribution in [-0.2, 0) is 10.0 Å². The quantitative estimate of drug-likeness (QED) is 0.709. The first kappa shape index (κ1) is 16.6. The number of hydrogen-bond acceptors (Lipinski definition) is 7. The molecule has 7 nitrogen and oxygen atoms in total. The second-order valence-electron chi connectivity index (χ2n) is 6.01. The lowest BCUT2D eigenvalue weighted by molar-refractivity contribution is 0.216. The average Bonchev–Trinajstić information content (AvgIpc) is 3.36. The monoisotopic (exact) mass is 378 g/mol. The Morgan fingerprint density at radius 1 is 1.20 bits per heavy atom. The van der Waals surface area contributed by atoms with Crippen molar-refractivity contribution >= 4 is 32.8 Å². The molecule has 2 aromatic heterocycles. The molecule has 0 unspecified atom stereocenters. The van der Waals surface area contributed by atoms with Gasteiger partial charge in [-0.25, -0.2) is 13.1 Å². The van der Waals surface area contributed by atoms with Gasteiger partial charge in [0.25, 0.3) is 0 Å². The fraction of sp³-hybridized carbons (Fsp3) is 0.375. The first-order chi connectivity index (χ1) is 12.1. The van der Waals surface area contributed by atoms with Crippen LogP contribution in [-0.4, -0.2) is 41.7 Å². The minimum Gasteiger partial charge on any atom is -0.468 e. The number of benzene rings is 1. The highest BCUT2D eigenvalue weighted by atomic mass is 32.2. The maximum Gasteiger partial charge on any atom is 0.242 e. The summed E-state index contributed by atoms with van der Waals surface area (Å²) >= 11 is 1.01. The van der Waals surface area contributed by atoms with Gasteiger partial charge in [-0.1, -0.05) is 6.07 Å². The third-order valence-corrected chi connectivity index (χ3v) is 6.46. The summed E-state index contributed by atoms with van der Waals surface area (Å²) in [7, 11) is -3.69. The number of hydrogen-bond donors (Lipinski definition) is 1. The molecule has 0 amide bonds. The lowest BCUT2D eigenvalue weighted by Gasteiger charge is -2.25. The van der Waals surface area contributed by atoms with Gasteiger partial charge < -0.3 is 4.42 Å². The molecule has 0 radical (unpaired) electrons. The van der Waals surface area contributed by atoms with E-state index in [9.17, 15) is 8.42 Å². The second kappa shape index (κ2) is 6.83. The van der Waals surface area contributed by atoms with Gasteiger partial charge in [-0.05, 0) is 50.2 Å². The molecular weight excluding hydrogens is 360 g/mol. The van der Waals surface area contributed by atoms with Crippen LogP contribution in [0.25, 0.3) is 11.0 Å².